The van der Waals surface area contributed by atoms with Crippen LogP contribution in [0.1, 0.15) is 29.5 Å². The Morgan fingerprint density at radius 1 is 0.963 bits per heavy atom. The lowest BCUT2D eigenvalue weighted by Gasteiger charge is -2.21. The Morgan fingerprint density at radius 3 is 2.52 bits per heavy atom. The summed E-state index contributed by atoms with van der Waals surface area (Å²) in [7, 11) is 0. The van der Waals surface area contributed by atoms with E-state index in [1.165, 1.54) is 5.56 Å². The number of aromatic nitrogens is 1. The highest BCUT2D eigenvalue weighted by Gasteiger charge is 2.22. The number of nitrogens with zero attached hydrogens (tertiary/aromatic N) is 1. The predicted octanol–water partition coefficient (Wildman–Crippen LogP) is 5.27. The summed E-state index contributed by atoms with van der Waals surface area (Å²) in [6.07, 6.45) is 4.02. The summed E-state index contributed by atoms with van der Waals surface area (Å²) >= 11 is 0. The van der Waals surface area contributed by atoms with Crippen LogP contribution < -0.4 is 10.9 Å². The Balaban J connectivity index is 1.81. The highest BCUT2D eigenvalue weighted by atomic mass is 16.4. The first-order chi connectivity index (χ1) is 13.2. The summed E-state index contributed by atoms with van der Waals surface area (Å²) in [5.41, 5.74) is 5.51. The molecule has 134 valence electrons. The molecule has 2 heterocycles. The van der Waals surface area contributed by atoms with Crippen LogP contribution >= 0.6 is 0 Å². The molecule has 0 saturated carbocycles. The van der Waals surface area contributed by atoms with E-state index in [9.17, 15) is 4.79 Å². The van der Waals surface area contributed by atoms with Gasteiger partial charge in [-0.2, -0.15) is 0 Å². The second-order valence-electron chi connectivity index (χ2n) is 7.22. The third-order valence-electron chi connectivity index (χ3n) is 5.38. The van der Waals surface area contributed by atoms with Crippen molar-refractivity contribution < 1.29 is 4.42 Å². The Bertz CT molecular complexity index is 1220. The van der Waals surface area contributed by atoms with Crippen molar-refractivity contribution in [1.29, 1.82) is 0 Å². The maximum absolute atomic E-state index is 12.7. The number of aryl methyl sites for hydroxylation is 2. The van der Waals surface area contributed by atoms with Gasteiger partial charge >= 0.3 is 5.63 Å². The van der Waals surface area contributed by atoms with Crippen molar-refractivity contribution in [2.45, 2.75) is 32.6 Å². The zero-order valence-electron chi connectivity index (χ0n) is 15.2. The third-order valence-corrected chi connectivity index (χ3v) is 5.38. The summed E-state index contributed by atoms with van der Waals surface area (Å²) in [6.45, 7) is 2.07. The Kier molecular flexibility index (Phi) is 3.71. The summed E-state index contributed by atoms with van der Waals surface area (Å²) < 4.78 is 5.60. The first-order valence-corrected chi connectivity index (χ1v) is 9.42. The van der Waals surface area contributed by atoms with Gasteiger partial charge in [0, 0.05) is 11.1 Å². The highest BCUT2D eigenvalue weighted by Crippen LogP contribution is 2.35. The monoisotopic (exact) mass is 356 g/mol. The summed E-state index contributed by atoms with van der Waals surface area (Å²) in [4.78, 5) is 17.7. The van der Waals surface area contributed by atoms with Crippen LogP contribution in [0.25, 0.3) is 21.9 Å². The molecule has 1 aliphatic rings. The Labute approximate surface area is 156 Å². The fraction of sp³-hybridized carbons (Fsp3) is 0.217. The molecule has 4 aromatic rings. The van der Waals surface area contributed by atoms with Crippen molar-refractivity contribution in [3.8, 4) is 0 Å². The second kappa shape index (κ2) is 6.23. The van der Waals surface area contributed by atoms with Crippen LogP contribution in [0.5, 0.6) is 0 Å². The molecule has 4 nitrogen and oxygen atoms in total. The zero-order chi connectivity index (χ0) is 18.4. The van der Waals surface area contributed by atoms with Gasteiger partial charge in [0.05, 0.1) is 10.9 Å². The van der Waals surface area contributed by atoms with E-state index in [0.29, 0.717) is 11.0 Å². The number of rotatable bonds is 2. The number of para-hydroxylation sites is 1. The normalized spacial score (nSPS) is 13.7. The SMILES string of the molecule is Cc1ccc(Nc2nc3c(c4c2CCCC4)c(=O)oc2ccccc23)cc1. The zero-order valence-corrected chi connectivity index (χ0v) is 15.2. The van der Waals surface area contributed by atoms with Crippen LogP contribution in [-0.4, -0.2) is 4.98 Å². The van der Waals surface area contributed by atoms with Gasteiger partial charge in [-0.1, -0.05) is 29.8 Å². The molecule has 0 unspecified atom stereocenters. The van der Waals surface area contributed by atoms with E-state index < -0.39 is 0 Å². The average molecular weight is 356 g/mol. The quantitative estimate of drug-likeness (QED) is 0.392. The van der Waals surface area contributed by atoms with E-state index in [1.807, 2.05) is 24.3 Å². The standard InChI is InChI=1S/C23H20N2O2/c1-14-10-12-15(13-11-14)24-22-17-7-3-2-6-16(17)20-21(25-22)18-8-4-5-9-19(18)27-23(20)26/h4-5,8-13H,2-3,6-7H2,1H3,(H,24,25). The maximum Gasteiger partial charge on any atom is 0.346 e. The molecule has 0 amide bonds. The van der Waals surface area contributed by atoms with Crippen molar-refractivity contribution in [1.82, 2.24) is 4.98 Å². The molecule has 1 N–H and O–H groups in total. The number of anilines is 2. The molecule has 4 heteroatoms. The number of pyridine rings is 1. The van der Waals surface area contributed by atoms with Crippen LogP contribution in [0, 0.1) is 6.92 Å². The maximum atomic E-state index is 12.7. The molecular formula is C23H20N2O2. The van der Waals surface area contributed by atoms with Crippen LogP contribution in [0.15, 0.2) is 57.7 Å². The largest absolute Gasteiger partial charge is 0.422 e. The Morgan fingerprint density at radius 2 is 1.70 bits per heavy atom. The molecule has 0 fully saturated rings. The van der Waals surface area contributed by atoms with Crippen LogP contribution in [-0.2, 0) is 12.8 Å². The number of nitrogens with one attached hydrogen (secondary N) is 1. The number of fused-ring (bicyclic) bond motifs is 5. The van der Waals surface area contributed by atoms with Gasteiger partial charge in [-0.25, -0.2) is 9.78 Å². The molecule has 0 atom stereocenters. The lowest BCUT2D eigenvalue weighted by atomic mass is 9.89. The first kappa shape index (κ1) is 16.1. The van der Waals surface area contributed by atoms with Gasteiger partial charge in [-0.15, -0.1) is 0 Å². The smallest absolute Gasteiger partial charge is 0.346 e. The number of hydrogen-bond acceptors (Lipinski definition) is 4. The molecule has 1 aliphatic carbocycles. The van der Waals surface area contributed by atoms with Crippen molar-refractivity contribution in [3.63, 3.8) is 0 Å². The lowest BCUT2D eigenvalue weighted by Crippen LogP contribution is -2.14. The molecule has 2 aromatic heterocycles. The Hall–Kier alpha value is -3.14. The topological polar surface area (TPSA) is 55.1 Å². The number of hydrogen-bond donors (Lipinski definition) is 1. The molecule has 2 aromatic carbocycles. The van der Waals surface area contributed by atoms with Gasteiger partial charge in [0.15, 0.2) is 0 Å². The van der Waals surface area contributed by atoms with E-state index in [-0.39, 0.29) is 5.63 Å². The minimum absolute atomic E-state index is 0.281. The average Bonchev–Trinajstić information content (AvgIpc) is 2.69. The van der Waals surface area contributed by atoms with E-state index >= 15 is 0 Å². The molecule has 0 bridgehead atoms. The summed E-state index contributed by atoms with van der Waals surface area (Å²) in [5, 5.41) is 5.02. The van der Waals surface area contributed by atoms with Crippen LogP contribution in [0.3, 0.4) is 0 Å². The van der Waals surface area contributed by atoms with Gasteiger partial charge in [0.1, 0.15) is 11.4 Å². The van der Waals surface area contributed by atoms with Crippen LogP contribution in [0.4, 0.5) is 11.5 Å². The third kappa shape index (κ3) is 2.69. The van der Waals surface area contributed by atoms with E-state index in [1.54, 1.807) is 0 Å². The van der Waals surface area contributed by atoms with Crippen molar-refractivity contribution in [2.24, 2.45) is 0 Å². The van der Waals surface area contributed by atoms with Gasteiger partial charge in [-0.05, 0) is 68.0 Å². The number of benzene rings is 2. The van der Waals surface area contributed by atoms with E-state index in [4.69, 9.17) is 9.40 Å². The van der Waals surface area contributed by atoms with Crippen LogP contribution in [0.2, 0.25) is 0 Å². The first-order valence-electron chi connectivity index (χ1n) is 9.42. The molecular weight excluding hydrogens is 336 g/mol. The molecule has 0 aliphatic heterocycles. The second-order valence-corrected chi connectivity index (χ2v) is 7.22. The minimum atomic E-state index is -0.281. The van der Waals surface area contributed by atoms with Crippen molar-refractivity contribution >= 4 is 33.4 Å². The molecule has 27 heavy (non-hydrogen) atoms. The van der Waals surface area contributed by atoms with Gasteiger partial charge in [0.25, 0.3) is 0 Å². The van der Waals surface area contributed by atoms with Gasteiger partial charge in [0.2, 0.25) is 0 Å². The lowest BCUT2D eigenvalue weighted by molar-refractivity contribution is 0.567. The van der Waals surface area contributed by atoms with Crippen molar-refractivity contribution in [2.75, 3.05) is 5.32 Å². The van der Waals surface area contributed by atoms with Gasteiger partial charge in [-0.3, -0.25) is 0 Å². The van der Waals surface area contributed by atoms with E-state index in [0.717, 1.165) is 59.2 Å². The molecule has 0 saturated heterocycles. The summed E-state index contributed by atoms with van der Waals surface area (Å²) in [5.74, 6) is 0.858. The molecule has 0 radical (unpaired) electrons. The van der Waals surface area contributed by atoms with E-state index in [2.05, 4.69) is 36.5 Å². The minimum Gasteiger partial charge on any atom is -0.422 e. The van der Waals surface area contributed by atoms with Gasteiger partial charge < -0.3 is 9.73 Å². The fourth-order valence-electron chi connectivity index (χ4n) is 4.01. The summed E-state index contributed by atoms with van der Waals surface area (Å²) in [6, 6.07) is 15.9. The highest BCUT2D eigenvalue weighted by molar-refractivity contribution is 6.04. The molecule has 0 spiro atoms. The predicted molar refractivity (Wildman–Crippen MR) is 109 cm³/mol. The van der Waals surface area contributed by atoms with Crippen molar-refractivity contribution in [3.05, 3.63) is 75.6 Å². The fourth-order valence-corrected chi connectivity index (χ4v) is 4.01. The molecule has 5 rings (SSSR count).